The van der Waals surface area contributed by atoms with Gasteiger partial charge in [-0.2, -0.15) is 0 Å². The highest BCUT2D eigenvalue weighted by atomic mass is 79.9. The van der Waals surface area contributed by atoms with Gasteiger partial charge in [-0.05, 0) is 28.1 Å². The van der Waals surface area contributed by atoms with Gasteiger partial charge in [-0.25, -0.2) is 9.97 Å². The van der Waals surface area contributed by atoms with Crippen molar-refractivity contribution in [2.75, 3.05) is 31.4 Å². The van der Waals surface area contributed by atoms with E-state index < -0.39 is 0 Å². The molecular formula is C13H15BrN4O. The molecule has 1 N–H and O–H groups in total. The average Bonchev–Trinajstić information content (AvgIpc) is 2.46. The smallest absolute Gasteiger partial charge is 0.152 e. The lowest BCUT2D eigenvalue weighted by molar-refractivity contribution is 0.415. The minimum absolute atomic E-state index is 0.742. The molecule has 0 aliphatic carbocycles. The summed E-state index contributed by atoms with van der Waals surface area (Å²) < 4.78 is 6.18. The fraction of sp³-hybridized carbons (Fsp3) is 0.231. The zero-order valence-corrected chi connectivity index (χ0v) is 12.6. The first-order valence-electron chi connectivity index (χ1n) is 5.74. The minimum Gasteiger partial charge on any atom is -0.495 e. The van der Waals surface area contributed by atoms with Gasteiger partial charge >= 0.3 is 0 Å². The summed E-state index contributed by atoms with van der Waals surface area (Å²) in [5, 5.41) is 3.01. The summed E-state index contributed by atoms with van der Waals surface area (Å²) in [6.45, 7) is 0. The van der Waals surface area contributed by atoms with Crippen molar-refractivity contribution in [3.8, 4) is 5.75 Å². The summed E-state index contributed by atoms with van der Waals surface area (Å²) in [4.78, 5) is 10.4. The topological polar surface area (TPSA) is 50.3 Å². The molecule has 0 aliphatic rings. The lowest BCUT2D eigenvalue weighted by atomic mass is 10.2. The molecule has 0 atom stereocenters. The van der Waals surface area contributed by atoms with Gasteiger partial charge in [0.1, 0.15) is 22.4 Å². The van der Waals surface area contributed by atoms with Crippen molar-refractivity contribution in [3.63, 3.8) is 0 Å². The number of anilines is 3. The van der Waals surface area contributed by atoms with Crippen LogP contribution in [0.5, 0.6) is 5.75 Å². The minimum atomic E-state index is 0.742. The van der Waals surface area contributed by atoms with Crippen molar-refractivity contribution < 1.29 is 4.74 Å². The zero-order valence-electron chi connectivity index (χ0n) is 11.0. The number of hydrogen-bond donors (Lipinski definition) is 1. The van der Waals surface area contributed by atoms with Crippen LogP contribution in [0.15, 0.2) is 35.1 Å². The monoisotopic (exact) mass is 322 g/mol. The molecule has 0 saturated carbocycles. The second-order valence-corrected chi connectivity index (χ2v) is 4.63. The van der Waals surface area contributed by atoms with Gasteiger partial charge in [0.15, 0.2) is 5.82 Å². The average molecular weight is 323 g/mol. The molecule has 0 amide bonds. The highest BCUT2D eigenvalue weighted by Gasteiger charge is 2.15. The molecule has 1 aromatic carbocycles. The number of rotatable bonds is 4. The third-order valence-corrected chi connectivity index (χ3v) is 3.50. The van der Waals surface area contributed by atoms with Gasteiger partial charge in [0.2, 0.25) is 0 Å². The Morgan fingerprint density at radius 3 is 2.68 bits per heavy atom. The Morgan fingerprint density at radius 1 is 1.26 bits per heavy atom. The van der Waals surface area contributed by atoms with Crippen molar-refractivity contribution in [2.45, 2.75) is 0 Å². The summed E-state index contributed by atoms with van der Waals surface area (Å²) in [6, 6.07) is 7.79. The van der Waals surface area contributed by atoms with Crippen LogP contribution in [0.4, 0.5) is 17.3 Å². The number of methoxy groups -OCH3 is 1. The fourth-order valence-corrected chi connectivity index (χ4v) is 2.46. The van der Waals surface area contributed by atoms with Crippen LogP contribution in [0, 0.1) is 0 Å². The molecule has 6 heteroatoms. The predicted molar refractivity (Wildman–Crippen MR) is 80.3 cm³/mol. The third-order valence-electron chi connectivity index (χ3n) is 2.77. The van der Waals surface area contributed by atoms with Crippen LogP contribution in [0.2, 0.25) is 0 Å². The van der Waals surface area contributed by atoms with Gasteiger partial charge in [-0.3, -0.25) is 0 Å². The zero-order chi connectivity index (χ0) is 13.8. The SMILES string of the molecule is CNc1ncnc(N(C)c2ccccc2OC)c1Br. The van der Waals surface area contributed by atoms with Crippen LogP contribution in [0.3, 0.4) is 0 Å². The first-order chi connectivity index (χ1) is 9.19. The maximum atomic E-state index is 5.37. The van der Waals surface area contributed by atoms with E-state index in [2.05, 4.69) is 31.2 Å². The maximum Gasteiger partial charge on any atom is 0.152 e. The number of para-hydroxylation sites is 2. The lowest BCUT2D eigenvalue weighted by Crippen LogP contribution is -2.14. The van der Waals surface area contributed by atoms with Gasteiger partial charge in [-0.1, -0.05) is 12.1 Å². The first-order valence-corrected chi connectivity index (χ1v) is 6.53. The van der Waals surface area contributed by atoms with Crippen LogP contribution in [-0.2, 0) is 0 Å². The van der Waals surface area contributed by atoms with Crippen molar-refractivity contribution >= 4 is 33.3 Å². The molecule has 100 valence electrons. The first kappa shape index (κ1) is 13.6. The van der Waals surface area contributed by atoms with E-state index in [0.29, 0.717) is 0 Å². The normalized spacial score (nSPS) is 10.1. The molecule has 0 bridgehead atoms. The quantitative estimate of drug-likeness (QED) is 0.937. The Bertz CT molecular complexity index is 576. The maximum absolute atomic E-state index is 5.37. The van der Waals surface area contributed by atoms with Gasteiger partial charge < -0.3 is 15.0 Å². The van der Waals surface area contributed by atoms with E-state index in [1.807, 2.05) is 43.3 Å². The number of ether oxygens (including phenoxy) is 1. The Hall–Kier alpha value is -1.82. The number of hydrogen-bond acceptors (Lipinski definition) is 5. The third kappa shape index (κ3) is 2.63. The van der Waals surface area contributed by atoms with Gasteiger partial charge in [-0.15, -0.1) is 0 Å². The summed E-state index contributed by atoms with van der Waals surface area (Å²) in [7, 11) is 5.41. The molecule has 5 nitrogen and oxygen atoms in total. The van der Waals surface area contributed by atoms with Crippen molar-refractivity contribution in [1.29, 1.82) is 0 Å². The number of nitrogens with zero attached hydrogens (tertiary/aromatic N) is 3. The van der Waals surface area contributed by atoms with Gasteiger partial charge in [0, 0.05) is 14.1 Å². The highest BCUT2D eigenvalue weighted by molar-refractivity contribution is 9.10. The second-order valence-electron chi connectivity index (χ2n) is 3.84. The highest BCUT2D eigenvalue weighted by Crippen LogP contribution is 2.36. The molecule has 0 saturated heterocycles. The molecule has 1 aromatic heterocycles. The Balaban J connectivity index is 2.47. The standard InChI is InChI=1S/C13H15BrN4O/c1-15-12-11(14)13(17-8-16-12)18(2)9-6-4-5-7-10(9)19-3/h4-8H,1-3H3,(H,15,16,17). The van der Waals surface area contributed by atoms with Crippen LogP contribution in [-0.4, -0.2) is 31.2 Å². The second kappa shape index (κ2) is 5.88. The Morgan fingerprint density at radius 2 is 2.00 bits per heavy atom. The Labute approximate surface area is 120 Å². The van der Waals surface area contributed by atoms with Crippen LogP contribution < -0.4 is 15.0 Å². The van der Waals surface area contributed by atoms with Gasteiger partial charge in [0.05, 0.1) is 12.8 Å². The molecule has 0 unspecified atom stereocenters. The molecule has 1 heterocycles. The van der Waals surface area contributed by atoms with Crippen molar-refractivity contribution in [1.82, 2.24) is 9.97 Å². The summed E-state index contributed by atoms with van der Waals surface area (Å²) in [5.41, 5.74) is 0.937. The van der Waals surface area contributed by atoms with E-state index in [1.54, 1.807) is 7.11 Å². The number of nitrogens with one attached hydrogen (secondary N) is 1. The molecule has 0 fully saturated rings. The number of halogens is 1. The number of aromatic nitrogens is 2. The summed E-state index contributed by atoms with van der Waals surface area (Å²) in [5.74, 6) is 2.30. The number of benzene rings is 1. The molecule has 2 rings (SSSR count). The molecule has 0 radical (unpaired) electrons. The fourth-order valence-electron chi connectivity index (χ4n) is 1.79. The van der Waals surface area contributed by atoms with Crippen LogP contribution in [0.25, 0.3) is 0 Å². The van der Waals surface area contributed by atoms with E-state index in [0.717, 1.165) is 27.5 Å². The summed E-state index contributed by atoms with van der Waals surface area (Å²) in [6.07, 6.45) is 1.53. The largest absolute Gasteiger partial charge is 0.495 e. The van der Waals surface area contributed by atoms with E-state index in [9.17, 15) is 0 Å². The van der Waals surface area contributed by atoms with E-state index in [-0.39, 0.29) is 0 Å². The predicted octanol–water partition coefficient (Wildman–Crippen LogP) is 3.06. The van der Waals surface area contributed by atoms with Crippen LogP contribution >= 0.6 is 15.9 Å². The van der Waals surface area contributed by atoms with Crippen molar-refractivity contribution in [2.24, 2.45) is 0 Å². The molecular weight excluding hydrogens is 308 g/mol. The molecule has 2 aromatic rings. The molecule has 0 aliphatic heterocycles. The lowest BCUT2D eigenvalue weighted by Gasteiger charge is -2.22. The molecule has 19 heavy (non-hydrogen) atoms. The van der Waals surface area contributed by atoms with Gasteiger partial charge in [0.25, 0.3) is 0 Å². The van der Waals surface area contributed by atoms with E-state index in [1.165, 1.54) is 6.33 Å². The van der Waals surface area contributed by atoms with Crippen LogP contribution in [0.1, 0.15) is 0 Å². The van der Waals surface area contributed by atoms with Crippen molar-refractivity contribution in [3.05, 3.63) is 35.1 Å². The molecule has 0 spiro atoms. The summed E-state index contributed by atoms with van der Waals surface area (Å²) >= 11 is 3.52. The Kier molecular flexibility index (Phi) is 4.21. The van der Waals surface area contributed by atoms with E-state index >= 15 is 0 Å². The van der Waals surface area contributed by atoms with E-state index in [4.69, 9.17) is 4.74 Å².